The Kier molecular flexibility index (Phi) is 3.46. The summed E-state index contributed by atoms with van der Waals surface area (Å²) in [7, 11) is 3.92. The molecule has 1 rings (SSSR count). The molecule has 0 bridgehead atoms. The molecule has 1 aromatic carbocycles. The first-order chi connectivity index (χ1) is 5.61. The van der Waals surface area contributed by atoms with E-state index in [2.05, 4.69) is 34.7 Å². The van der Waals surface area contributed by atoms with Gasteiger partial charge < -0.3 is 4.90 Å². The zero-order valence-corrected chi connectivity index (χ0v) is 10.0. The average molecular weight is 291 g/mol. The second-order valence-corrected chi connectivity index (χ2v) is 4.34. The van der Waals surface area contributed by atoms with Crippen LogP contribution in [0.2, 0.25) is 0 Å². The highest BCUT2D eigenvalue weighted by molar-refractivity contribution is 14.1. The summed E-state index contributed by atoms with van der Waals surface area (Å²) in [6, 6.07) is 8.20. The summed E-state index contributed by atoms with van der Waals surface area (Å²) in [6.07, 6.45) is 0. The quantitative estimate of drug-likeness (QED) is 0.578. The lowest BCUT2D eigenvalue weighted by Gasteiger charge is -2.13. The van der Waals surface area contributed by atoms with Crippen molar-refractivity contribution in [2.75, 3.05) is 14.1 Å². The highest BCUT2D eigenvalue weighted by Crippen LogP contribution is 2.09. The molecule has 0 aromatic heterocycles. The summed E-state index contributed by atoms with van der Waals surface area (Å²) >= 11 is 7.51. The molecule has 0 N–H and O–H groups in total. The minimum Gasteiger partial charge on any atom is -0.368 e. The van der Waals surface area contributed by atoms with Gasteiger partial charge in [-0.15, -0.1) is 0 Å². The first-order valence-electron chi connectivity index (χ1n) is 3.58. The van der Waals surface area contributed by atoms with Gasteiger partial charge in [0.15, 0.2) is 0 Å². The van der Waals surface area contributed by atoms with Crippen molar-refractivity contribution in [3.8, 4) is 0 Å². The van der Waals surface area contributed by atoms with Crippen molar-refractivity contribution in [1.82, 2.24) is 4.90 Å². The Morgan fingerprint density at radius 3 is 2.58 bits per heavy atom. The van der Waals surface area contributed by atoms with E-state index in [9.17, 15) is 0 Å². The highest BCUT2D eigenvalue weighted by atomic mass is 127. The molecule has 0 aliphatic carbocycles. The van der Waals surface area contributed by atoms with Crippen LogP contribution in [0.4, 0.5) is 0 Å². The molecule has 1 nitrogen and oxygen atoms in total. The third kappa shape index (κ3) is 2.42. The Bertz CT molecular complexity index is 296. The molecule has 0 unspecified atom stereocenters. The maximum atomic E-state index is 5.23. The predicted octanol–water partition coefficient (Wildman–Crippen LogP) is 2.53. The standard InChI is InChI=1S/C9H10INS/c1-11(2)9(12)7-4-3-5-8(10)6-7/h3-6H,1-2H3. The molecule has 0 spiro atoms. The summed E-state index contributed by atoms with van der Waals surface area (Å²) in [5, 5.41) is 0. The lowest BCUT2D eigenvalue weighted by Crippen LogP contribution is -2.20. The molecule has 0 atom stereocenters. The molecule has 0 fully saturated rings. The molecule has 0 aliphatic rings. The normalized spacial score (nSPS) is 9.58. The maximum Gasteiger partial charge on any atom is 0.108 e. The number of nitrogens with zero attached hydrogens (tertiary/aromatic N) is 1. The monoisotopic (exact) mass is 291 g/mol. The van der Waals surface area contributed by atoms with Gasteiger partial charge in [-0.3, -0.25) is 0 Å². The third-order valence-corrected chi connectivity index (χ3v) is 2.75. The first kappa shape index (κ1) is 9.92. The number of thiocarbonyl (C=S) groups is 1. The topological polar surface area (TPSA) is 3.24 Å². The van der Waals surface area contributed by atoms with Crippen LogP contribution in [-0.4, -0.2) is 24.0 Å². The smallest absolute Gasteiger partial charge is 0.108 e. The zero-order valence-electron chi connectivity index (χ0n) is 7.04. The number of hydrogen-bond donors (Lipinski definition) is 0. The fraction of sp³-hybridized carbons (Fsp3) is 0.222. The second-order valence-electron chi connectivity index (χ2n) is 2.71. The Balaban J connectivity index is 2.96. The average Bonchev–Trinajstić information content (AvgIpc) is 2.03. The number of halogens is 1. The van der Waals surface area contributed by atoms with Gasteiger partial charge >= 0.3 is 0 Å². The summed E-state index contributed by atoms with van der Waals surface area (Å²) < 4.78 is 1.22. The van der Waals surface area contributed by atoms with Crippen LogP contribution in [0.15, 0.2) is 24.3 Å². The van der Waals surface area contributed by atoms with Crippen molar-refractivity contribution in [3.63, 3.8) is 0 Å². The molecular formula is C9H10INS. The summed E-state index contributed by atoms with van der Waals surface area (Å²) in [4.78, 5) is 2.83. The van der Waals surface area contributed by atoms with Gasteiger partial charge in [0.25, 0.3) is 0 Å². The maximum absolute atomic E-state index is 5.23. The van der Waals surface area contributed by atoms with Crippen molar-refractivity contribution >= 4 is 39.8 Å². The van der Waals surface area contributed by atoms with Crippen LogP contribution in [0.1, 0.15) is 5.56 Å². The second kappa shape index (κ2) is 4.18. The highest BCUT2D eigenvalue weighted by Gasteiger charge is 2.02. The van der Waals surface area contributed by atoms with Gasteiger partial charge in [-0.1, -0.05) is 24.4 Å². The van der Waals surface area contributed by atoms with E-state index < -0.39 is 0 Å². The fourth-order valence-electron chi connectivity index (χ4n) is 0.880. The largest absolute Gasteiger partial charge is 0.368 e. The van der Waals surface area contributed by atoms with Gasteiger partial charge in [0, 0.05) is 23.2 Å². The number of rotatable bonds is 1. The fourth-order valence-corrected chi connectivity index (χ4v) is 1.55. The lowest BCUT2D eigenvalue weighted by molar-refractivity contribution is 0.636. The van der Waals surface area contributed by atoms with Gasteiger partial charge in [-0.25, -0.2) is 0 Å². The summed E-state index contributed by atoms with van der Waals surface area (Å²) in [5.74, 6) is 0. The van der Waals surface area contributed by atoms with Crippen LogP contribution in [0.25, 0.3) is 0 Å². The number of benzene rings is 1. The molecule has 0 saturated heterocycles. The van der Waals surface area contributed by atoms with Crippen LogP contribution in [0.3, 0.4) is 0 Å². The van der Waals surface area contributed by atoms with Crippen molar-refractivity contribution in [3.05, 3.63) is 33.4 Å². The molecule has 12 heavy (non-hydrogen) atoms. The molecule has 3 heteroatoms. The Hall–Kier alpha value is -0.160. The Labute approximate surface area is 91.9 Å². The SMILES string of the molecule is CN(C)C(=S)c1cccc(I)c1. The number of hydrogen-bond acceptors (Lipinski definition) is 1. The van der Waals surface area contributed by atoms with Gasteiger partial charge in [0.1, 0.15) is 4.99 Å². The molecule has 64 valence electrons. The molecule has 1 aromatic rings. The molecule has 0 aliphatic heterocycles. The predicted molar refractivity (Wildman–Crippen MR) is 64.5 cm³/mol. The van der Waals surface area contributed by atoms with Crippen molar-refractivity contribution in [1.29, 1.82) is 0 Å². The van der Waals surface area contributed by atoms with Crippen molar-refractivity contribution in [2.45, 2.75) is 0 Å². The lowest BCUT2D eigenvalue weighted by atomic mass is 10.2. The van der Waals surface area contributed by atoms with E-state index in [1.54, 1.807) is 0 Å². The summed E-state index contributed by atoms with van der Waals surface area (Å²) in [6.45, 7) is 0. The van der Waals surface area contributed by atoms with E-state index in [0.29, 0.717) is 0 Å². The molecule has 0 saturated carbocycles. The van der Waals surface area contributed by atoms with Crippen molar-refractivity contribution < 1.29 is 0 Å². The first-order valence-corrected chi connectivity index (χ1v) is 5.07. The zero-order chi connectivity index (χ0) is 9.14. The van der Waals surface area contributed by atoms with Crippen LogP contribution in [0, 0.1) is 3.57 Å². The van der Waals surface area contributed by atoms with Crippen LogP contribution in [0.5, 0.6) is 0 Å². The van der Waals surface area contributed by atoms with Crippen LogP contribution >= 0.6 is 34.8 Å². The van der Waals surface area contributed by atoms with Crippen molar-refractivity contribution in [2.24, 2.45) is 0 Å². The van der Waals surface area contributed by atoms with E-state index in [-0.39, 0.29) is 0 Å². The van der Waals surface area contributed by atoms with E-state index in [4.69, 9.17) is 12.2 Å². The minimum absolute atomic E-state index is 0.883. The molecule has 0 radical (unpaired) electrons. The Morgan fingerprint density at radius 2 is 2.08 bits per heavy atom. The Morgan fingerprint density at radius 1 is 1.42 bits per heavy atom. The van der Waals surface area contributed by atoms with Crippen LogP contribution < -0.4 is 0 Å². The van der Waals surface area contributed by atoms with Gasteiger partial charge in [-0.05, 0) is 34.7 Å². The van der Waals surface area contributed by atoms with E-state index in [1.807, 2.05) is 31.1 Å². The van der Waals surface area contributed by atoms with E-state index >= 15 is 0 Å². The van der Waals surface area contributed by atoms with E-state index in [0.717, 1.165) is 10.6 Å². The van der Waals surface area contributed by atoms with Gasteiger partial charge in [-0.2, -0.15) is 0 Å². The summed E-state index contributed by atoms with van der Waals surface area (Å²) in [5.41, 5.74) is 1.11. The van der Waals surface area contributed by atoms with Gasteiger partial charge in [0.05, 0.1) is 0 Å². The molecule has 0 heterocycles. The molecular weight excluding hydrogens is 281 g/mol. The molecule has 0 amide bonds. The minimum atomic E-state index is 0.883. The third-order valence-electron chi connectivity index (χ3n) is 1.48. The van der Waals surface area contributed by atoms with Gasteiger partial charge in [0.2, 0.25) is 0 Å². The van der Waals surface area contributed by atoms with Crippen LogP contribution in [-0.2, 0) is 0 Å². The van der Waals surface area contributed by atoms with E-state index in [1.165, 1.54) is 3.57 Å².